The van der Waals surface area contributed by atoms with Crippen molar-refractivity contribution in [2.24, 2.45) is 0 Å². The molecule has 0 aromatic rings. The molecule has 2 nitrogen and oxygen atoms in total. The Bertz CT molecular complexity index is 154. The zero-order valence-electron chi connectivity index (χ0n) is 10.3. The van der Waals surface area contributed by atoms with Gasteiger partial charge in [-0.2, -0.15) is 0 Å². The van der Waals surface area contributed by atoms with Crippen molar-refractivity contribution in [2.75, 3.05) is 26.7 Å². The molecule has 2 heteroatoms. The van der Waals surface area contributed by atoms with E-state index in [9.17, 15) is 0 Å². The average Bonchev–Trinajstić information content (AvgIpc) is 2.11. The lowest BCUT2D eigenvalue weighted by Gasteiger charge is -2.27. The molecule has 1 N–H and O–H groups in total. The van der Waals surface area contributed by atoms with Gasteiger partial charge in [0.15, 0.2) is 0 Å². The van der Waals surface area contributed by atoms with Crippen LogP contribution in [0, 0.1) is 0 Å². The zero-order chi connectivity index (χ0) is 11.0. The highest BCUT2D eigenvalue weighted by atomic mass is 15.1. The molecule has 0 aromatic carbocycles. The summed E-state index contributed by atoms with van der Waals surface area (Å²) in [4.78, 5) is 2.38. The molecule has 0 radical (unpaired) electrons. The molecule has 0 amide bonds. The molecule has 14 heavy (non-hydrogen) atoms. The van der Waals surface area contributed by atoms with Crippen molar-refractivity contribution in [1.82, 2.24) is 10.2 Å². The SMILES string of the molecule is C=C(C)CN(C)C(CC)CNCCC. The van der Waals surface area contributed by atoms with Gasteiger partial charge >= 0.3 is 0 Å². The van der Waals surface area contributed by atoms with Crippen LogP contribution in [0.15, 0.2) is 12.2 Å². The molecular formula is C12H26N2. The van der Waals surface area contributed by atoms with E-state index in [1.807, 2.05) is 0 Å². The fraction of sp³-hybridized carbons (Fsp3) is 0.833. The minimum atomic E-state index is 0.637. The summed E-state index contributed by atoms with van der Waals surface area (Å²) in [5.74, 6) is 0. The van der Waals surface area contributed by atoms with Crippen molar-refractivity contribution in [3.8, 4) is 0 Å². The number of nitrogens with zero attached hydrogens (tertiary/aromatic N) is 1. The fourth-order valence-corrected chi connectivity index (χ4v) is 1.61. The number of rotatable bonds is 8. The van der Waals surface area contributed by atoms with Crippen molar-refractivity contribution < 1.29 is 0 Å². The molecule has 1 unspecified atom stereocenters. The lowest BCUT2D eigenvalue weighted by atomic mass is 10.2. The maximum Gasteiger partial charge on any atom is 0.0218 e. The van der Waals surface area contributed by atoms with E-state index in [1.165, 1.54) is 18.4 Å². The van der Waals surface area contributed by atoms with E-state index in [0.717, 1.165) is 19.6 Å². The summed E-state index contributed by atoms with van der Waals surface area (Å²) in [6.45, 7) is 13.7. The summed E-state index contributed by atoms with van der Waals surface area (Å²) in [6, 6.07) is 0.637. The molecule has 0 saturated heterocycles. The van der Waals surface area contributed by atoms with Gasteiger partial charge in [-0.25, -0.2) is 0 Å². The average molecular weight is 198 g/mol. The molecule has 84 valence electrons. The maximum absolute atomic E-state index is 3.95. The van der Waals surface area contributed by atoms with E-state index in [-0.39, 0.29) is 0 Å². The van der Waals surface area contributed by atoms with Crippen LogP contribution >= 0.6 is 0 Å². The lowest BCUT2D eigenvalue weighted by Crippen LogP contribution is -2.40. The van der Waals surface area contributed by atoms with E-state index < -0.39 is 0 Å². The topological polar surface area (TPSA) is 15.3 Å². The second kappa shape index (κ2) is 8.01. The van der Waals surface area contributed by atoms with Gasteiger partial charge in [0.05, 0.1) is 0 Å². The first-order valence-corrected chi connectivity index (χ1v) is 5.67. The van der Waals surface area contributed by atoms with Crippen LogP contribution in [-0.2, 0) is 0 Å². The monoisotopic (exact) mass is 198 g/mol. The first-order valence-electron chi connectivity index (χ1n) is 5.67. The Balaban J connectivity index is 3.80. The van der Waals surface area contributed by atoms with Crippen LogP contribution in [0.1, 0.15) is 33.6 Å². The molecule has 0 saturated carbocycles. The molecule has 0 aliphatic carbocycles. The number of likely N-dealkylation sites (N-methyl/N-ethyl adjacent to an activating group) is 1. The summed E-state index contributed by atoms with van der Waals surface area (Å²) < 4.78 is 0. The van der Waals surface area contributed by atoms with E-state index in [0.29, 0.717) is 6.04 Å². The second-order valence-corrected chi connectivity index (χ2v) is 4.14. The Morgan fingerprint density at radius 3 is 2.50 bits per heavy atom. The standard InChI is InChI=1S/C12H26N2/c1-6-8-13-9-12(7-2)14(5)10-11(3)4/h12-13H,3,6-10H2,1-2,4-5H3. The van der Waals surface area contributed by atoms with Gasteiger partial charge in [-0.15, -0.1) is 0 Å². The third-order valence-electron chi connectivity index (χ3n) is 2.42. The minimum absolute atomic E-state index is 0.637. The van der Waals surface area contributed by atoms with Crippen LogP contribution in [0.5, 0.6) is 0 Å². The number of hydrogen-bond donors (Lipinski definition) is 1. The molecular weight excluding hydrogens is 172 g/mol. The van der Waals surface area contributed by atoms with Gasteiger partial charge in [-0.1, -0.05) is 26.0 Å². The van der Waals surface area contributed by atoms with Gasteiger partial charge in [-0.05, 0) is 33.4 Å². The highest BCUT2D eigenvalue weighted by Gasteiger charge is 2.11. The predicted molar refractivity (Wildman–Crippen MR) is 64.7 cm³/mol. The smallest absolute Gasteiger partial charge is 0.0218 e. The van der Waals surface area contributed by atoms with Crippen molar-refractivity contribution in [3.05, 3.63) is 12.2 Å². The largest absolute Gasteiger partial charge is 0.315 e. The molecule has 0 spiro atoms. The molecule has 0 heterocycles. The number of nitrogens with one attached hydrogen (secondary N) is 1. The Morgan fingerprint density at radius 1 is 1.43 bits per heavy atom. The van der Waals surface area contributed by atoms with Crippen LogP contribution in [-0.4, -0.2) is 37.6 Å². The lowest BCUT2D eigenvalue weighted by molar-refractivity contribution is 0.247. The molecule has 1 atom stereocenters. The molecule has 0 aliphatic rings. The van der Waals surface area contributed by atoms with Gasteiger partial charge in [-0.3, -0.25) is 4.90 Å². The first kappa shape index (κ1) is 13.7. The Kier molecular flexibility index (Phi) is 7.81. The van der Waals surface area contributed by atoms with Crippen molar-refractivity contribution >= 4 is 0 Å². The van der Waals surface area contributed by atoms with E-state index >= 15 is 0 Å². The van der Waals surface area contributed by atoms with Crippen molar-refractivity contribution in [1.29, 1.82) is 0 Å². The highest BCUT2D eigenvalue weighted by Crippen LogP contribution is 2.03. The van der Waals surface area contributed by atoms with Crippen LogP contribution in [0.2, 0.25) is 0 Å². The van der Waals surface area contributed by atoms with Gasteiger partial charge in [0.1, 0.15) is 0 Å². The van der Waals surface area contributed by atoms with Crippen LogP contribution < -0.4 is 5.32 Å². The van der Waals surface area contributed by atoms with Gasteiger partial charge in [0, 0.05) is 19.1 Å². The minimum Gasteiger partial charge on any atom is -0.315 e. The van der Waals surface area contributed by atoms with Crippen molar-refractivity contribution in [2.45, 2.75) is 39.7 Å². The molecule has 0 aliphatic heterocycles. The van der Waals surface area contributed by atoms with Gasteiger partial charge in [0.25, 0.3) is 0 Å². The van der Waals surface area contributed by atoms with Gasteiger partial charge < -0.3 is 5.32 Å². The number of hydrogen-bond acceptors (Lipinski definition) is 2. The summed E-state index contributed by atoms with van der Waals surface area (Å²) in [6.07, 6.45) is 2.40. The maximum atomic E-state index is 3.95. The molecule has 0 bridgehead atoms. The van der Waals surface area contributed by atoms with Crippen LogP contribution in [0.25, 0.3) is 0 Å². The molecule has 0 rings (SSSR count). The second-order valence-electron chi connectivity index (χ2n) is 4.14. The zero-order valence-corrected chi connectivity index (χ0v) is 10.3. The van der Waals surface area contributed by atoms with Crippen LogP contribution in [0.4, 0.5) is 0 Å². The predicted octanol–water partition coefficient (Wildman–Crippen LogP) is 2.27. The highest BCUT2D eigenvalue weighted by molar-refractivity contribution is 4.92. The third-order valence-corrected chi connectivity index (χ3v) is 2.42. The van der Waals surface area contributed by atoms with Gasteiger partial charge in [0.2, 0.25) is 0 Å². The summed E-state index contributed by atoms with van der Waals surface area (Å²) in [5, 5.41) is 3.47. The quantitative estimate of drug-likeness (QED) is 0.475. The Hall–Kier alpha value is -0.340. The normalized spacial score (nSPS) is 13.2. The Morgan fingerprint density at radius 2 is 2.07 bits per heavy atom. The molecule has 0 fully saturated rings. The van der Waals surface area contributed by atoms with Crippen LogP contribution in [0.3, 0.4) is 0 Å². The Labute approximate surface area is 89.4 Å². The van der Waals surface area contributed by atoms with E-state index in [1.54, 1.807) is 0 Å². The molecule has 0 aromatic heterocycles. The van der Waals surface area contributed by atoms with E-state index in [2.05, 4.69) is 44.6 Å². The summed E-state index contributed by atoms with van der Waals surface area (Å²) >= 11 is 0. The van der Waals surface area contributed by atoms with E-state index in [4.69, 9.17) is 0 Å². The summed E-state index contributed by atoms with van der Waals surface area (Å²) in [7, 11) is 2.18. The first-order chi connectivity index (χ1) is 6.61. The summed E-state index contributed by atoms with van der Waals surface area (Å²) in [5.41, 5.74) is 1.24. The van der Waals surface area contributed by atoms with Crippen molar-refractivity contribution in [3.63, 3.8) is 0 Å². The third kappa shape index (κ3) is 6.17. The fourth-order valence-electron chi connectivity index (χ4n) is 1.61.